The maximum Gasteiger partial charge on any atom is 0.261 e. The Morgan fingerprint density at radius 1 is 1.21 bits per heavy atom. The zero-order chi connectivity index (χ0) is 14.0. The highest BCUT2D eigenvalue weighted by molar-refractivity contribution is 7.92. The second kappa shape index (κ2) is 5.07. The largest absolute Gasteiger partial charge is 0.316 e. The van der Waals surface area contributed by atoms with Crippen molar-refractivity contribution < 1.29 is 8.42 Å². The van der Waals surface area contributed by atoms with Crippen molar-refractivity contribution in [1.29, 1.82) is 0 Å². The number of aromatic nitrogens is 1. The van der Waals surface area contributed by atoms with Gasteiger partial charge in [0, 0.05) is 24.3 Å². The van der Waals surface area contributed by atoms with E-state index in [-0.39, 0.29) is 10.5 Å². The topological polar surface area (TPSA) is 68.2 Å². The standard InChI is InChI=1S/C12H11ClN2O3S/c1-15-8-10(5-6-12(15)16)14-19(17,18)11-4-2-3-9(13)7-11/h2-8,14H,1H3. The van der Waals surface area contributed by atoms with Gasteiger partial charge in [0.2, 0.25) is 5.56 Å². The Hall–Kier alpha value is -1.79. The van der Waals surface area contributed by atoms with Gasteiger partial charge < -0.3 is 4.57 Å². The van der Waals surface area contributed by atoms with E-state index in [0.717, 1.165) is 0 Å². The van der Waals surface area contributed by atoms with E-state index in [0.29, 0.717) is 10.7 Å². The second-order valence-corrected chi connectivity index (χ2v) is 6.05. The summed E-state index contributed by atoms with van der Waals surface area (Å²) >= 11 is 5.76. The van der Waals surface area contributed by atoms with Gasteiger partial charge in [0.15, 0.2) is 0 Å². The fourth-order valence-electron chi connectivity index (χ4n) is 1.50. The molecule has 0 radical (unpaired) electrons. The minimum Gasteiger partial charge on any atom is -0.316 e. The Morgan fingerprint density at radius 2 is 1.95 bits per heavy atom. The number of rotatable bonds is 3. The van der Waals surface area contributed by atoms with E-state index in [4.69, 9.17) is 11.6 Å². The lowest BCUT2D eigenvalue weighted by Crippen LogP contribution is -2.18. The summed E-state index contributed by atoms with van der Waals surface area (Å²) in [5, 5.41) is 0.336. The van der Waals surface area contributed by atoms with Gasteiger partial charge in [-0.1, -0.05) is 17.7 Å². The fourth-order valence-corrected chi connectivity index (χ4v) is 2.85. The van der Waals surface area contributed by atoms with Crippen LogP contribution in [0, 0.1) is 0 Å². The van der Waals surface area contributed by atoms with Crippen LogP contribution in [-0.4, -0.2) is 13.0 Å². The van der Waals surface area contributed by atoms with Gasteiger partial charge in [-0.25, -0.2) is 8.42 Å². The van der Waals surface area contributed by atoms with Crippen LogP contribution in [0.4, 0.5) is 5.69 Å². The molecule has 1 aromatic heterocycles. The molecule has 0 aliphatic rings. The number of pyridine rings is 1. The fraction of sp³-hybridized carbons (Fsp3) is 0.0833. The van der Waals surface area contributed by atoms with Crippen molar-refractivity contribution in [1.82, 2.24) is 4.57 Å². The van der Waals surface area contributed by atoms with Gasteiger partial charge in [-0.15, -0.1) is 0 Å². The molecule has 0 fully saturated rings. The average Bonchev–Trinajstić information content (AvgIpc) is 2.33. The normalized spacial score (nSPS) is 11.3. The first kappa shape index (κ1) is 13.6. The number of halogens is 1. The summed E-state index contributed by atoms with van der Waals surface area (Å²) in [6, 6.07) is 8.63. The SMILES string of the molecule is Cn1cc(NS(=O)(=O)c2cccc(Cl)c2)ccc1=O. The highest BCUT2D eigenvalue weighted by Gasteiger charge is 2.14. The molecule has 5 nitrogen and oxygen atoms in total. The van der Waals surface area contributed by atoms with Crippen molar-refractivity contribution in [3.63, 3.8) is 0 Å². The Labute approximate surface area is 115 Å². The molecule has 2 rings (SSSR count). The number of hydrogen-bond acceptors (Lipinski definition) is 3. The van der Waals surface area contributed by atoms with E-state index in [9.17, 15) is 13.2 Å². The summed E-state index contributed by atoms with van der Waals surface area (Å²) in [4.78, 5) is 11.3. The molecule has 0 amide bonds. The van der Waals surface area contributed by atoms with Gasteiger partial charge in [-0.05, 0) is 24.3 Å². The molecule has 0 bridgehead atoms. The molecule has 1 N–H and O–H groups in total. The predicted molar refractivity (Wildman–Crippen MR) is 73.9 cm³/mol. The van der Waals surface area contributed by atoms with E-state index < -0.39 is 10.0 Å². The zero-order valence-electron chi connectivity index (χ0n) is 10.00. The van der Waals surface area contributed by atoms with Gasteiger partial charge in [-0.2, -0.15) is 0 Å². The van der Waals surface area contributed by atoms with Crippen molar-refractivity contribution in [3.8, 4) is 0 Å². The smallest absolute Gasteiger partial charge is 0.261 e. The van der Waals surface area contributed by atoms with Crippen molar-refractivity contribution >= 4 is 27.3 Å². The first-order valence-electron chi connectivity index (χ1n) is 5.33. The lowest BCUT2D eigenvalue weighted by Gasteiger charge is -2.09. The molecule has 0 aliphatic carbocycles. The summed E-state index contributed by atoms with van der Waals surface area (Å²) in [5.41, 5.74) is 0.0905. The van der Waals surface area contributed by atoms with Crippen molar-refractivity contribution in [2.24, 2.45) is 7.05 Å². The van der Waals surface area contributed by atoms with Crippen LogP contribution in [0.5, 0.6) is 0 Å². The number of aryl methyl sites for hydroxylation is 1. The first-order chi connectivity index (χ1) is 8.88. The molecule has 0 unspecified atom stereocenters. The Morgan fingerprint density at radius 3 is 2.58 bits per heavy atom. The van der Waals surface area contributed by atoms with E-state index in [1.54, 1.807) is 19.2 Å². The third-order valence-corrected chi connectivity index (χ3v) is 4.06. The lowest BCUT2D eigenvalue weighted by molar-refractivity contribution is 0.601. The molecule has 100 valence electrons. The van der Waals surface area contributed by atoms with Crippen LogP contribution in [0.1, 0.15) is 0 Å². The summed E-state index contributed by atoms with van der Waals surface area (Å²) in [6.07, 6.45) is 1.41. The minimum absolute atomic E-state index is 0.0638. The number of nitrogens with one attached hydrogen (secondary N) is 1. The van der Waals surface area contributed by atoms with Gasteiger partial charge in [0.05, 0.1) is 10.6 Å². The Kier molecular flexibility index (Phi) is 3.64. The van der Waals surface area contributed by atoms with Crippen LogP contribution in [0.25, 0.3) is 0 Å². The maximum atomic E-state index is 12.1. The third kappa shape index (κ3) is 3.15. The molecule has 2 aromatic rings. The minimum atomic E-state index is -3.72. The molecule has 0 saturated carbocycles. The summed E-state index contributed by atoms with van der Waals surface area (Å²) < 4.78 is 27.9. The van der Waals surface area contributed by atoms with Gasteiger partial charge in [0.25, 0.3) is 10.0 Å². The van der Waals surface area contributed by atoms with Gasteiger partial charge in [0.1, 0.15) is 0 Å². The van der Waals surface area contributed by atoms with Crippen LogP contribution in [0.2, 0.25) is 5.02 Å². The van der Waals surface area contributed by atoms with E-state index >= 15 is 0 Å². The predicted octanol–water partition coefficient (Wildman–Crippen LogP) is 1.84. The average molecular weight is 299 g/mol. The third-order valence-electron chi connectivity index (χ3n) is 2.44. The molecule has 1 aromatic carbocycles. The van der Waals surface area contributed by atoms with Crippen molar-refractivity contribution in [2.45, 2.75) is 4.90 Å². The van der Waals surface area contributed by atoms with E-state index in [1.165, 1.54) is 35.0 Å². The molecule has 0 atom stereocenters. The van der Waals surface area contributed by atoms with Crippen molar-refractivity contribution in [2.75, 3.05) is 4.72 Å². The second-order valence-electron chi connectivity index (χ2n) is 3.93. The van der Waals surface area contributed by atoms with Crippen LogP contribution in [0.15, 0.2) is 52.3 Å². The molecule has 0 spiro atoms. The molecule has 0 saturated heterocycles. The van der Waals surface area contributed by atoms with Gasteiger partial charge >= 0.3 is 0 Å². The molecule has 7 heteroatoms. The van der Waals surface area contributed by atoms with Crippen LogP contribution >= 0.6 is 11.6 Å². The van der Waals surface area contributed by atoms with E-state index in [2.05, 4.69) is 4.72 Å². The van der Waals surface area contributed by atoms with Crippen LogP contribution in [0.3, 0.4) is 0 Å². The molecule has 19 heavy (non-hydrogen) atoms. The highest BCUT2D eigenvalue weighted by atomic mass is 35.5. The molecule has 1 heterocycles. The summed E-state index contributed by atoms with van der Waals surface area (Å²) in [6.45, 7) is 0. The van der Waals surface area contributed by atoms with Crippen LogP contribution < -0.4 is 10.3 Å². The van der Waals surface area contributed by atoms with Crippen molar-refractivity contribution in [3.05, 3.63) is 58.0 Å². The Bertz CT molecular complexity index is 769. The lowest BCUT2D eigenvalue weighted by atomic mass is 10.4. The quantitative estimate of drug-likeness (QED) is 0.940. The first-order valence-corrected chi connectivity index (χ1v) is 7.20. The maximum absolute atomic E-state index is 12.1. The number of hydrogen-bond donors (Lipinski definition) is 1. The van der Waals surface area contributed by atoms with Gasteiger partial charge in [-0.3, -0.25) is 9.52 Å². The Balaban J connectivity index is 2.36. The molecule has 0 aliphatic heterocycles. The monoisotopic (exact) mass is 298 g/mol. The van der Waals surface area contributed by atoms with E-state index in [1.807, 2.05) is 0 Å². The number of benzene rings is 1. The highest BCUT2D eigenvalue weighted by Crippen LogP contribution is 2.18. The number of sulfonamides is 1. The molecular weight excluding hydrogens is 288 g/mol. The number of nitrogens with zero attached hydrogens (tertiary/aromatic N) is 1. The molecular formula is C12H11ClN2O3S. The zero-order valence-corrected chi connectivity index (χ0v) is 11.6. The number of anilines is 1. The summed E-state index contributed by atoms with van der Waals surface area (Å²) in [5.74, 6) is 0. The van der Waals surface area contributed by atoms with Crippen LogP contribution in [-0.2, 0) is 17.1 Å². The summed E-state index contributed by atoms with van der Waals surface area (Å²) in [7, 11) is -2.17.